The fourth-order valence-corrected chi connectivity index (χ4v) is 4.63. The number of rotatable bonds is 8. The minimum atomic E-state index is -0.532. The number of hydrogen-bond donors (Lipinski definition) is 1. The molecular formula is C27H31ClN2O2. The zero-order chi connectivity index (χ0) is 22.3. The van der Waals surface area contributed by atoms with Crippen molar-refractivity contribution in [3.8, 4) is 5.75 Å². The van der Waals surface area contributed by atoms with Crippen LogP contribution < -0.4 is 4.74 Å². The minimum absolute atomic E-state index is 0.251. The van der Waals surface area contributed by atoms with Crippen molar-refractivity contribution in [3.05, 3.63) is 101 Å². The highest BCUT2D eigenvalue weighted by atomic mass is 35.5. The molecule has 3 aromatic rings. The Morgan fingerprint density at radius 2 is 1.47 bits per heavy atom. The van der Waals surface area contributed by atoms with Crippen molar-refractivity contribution in [3.63, 3.8) is 0 Å². The zero-order valence-corrected chi connectivity index (χ0v) is 19.3. The first-order valence-electron chi connectivity index (χ1n) is 11.2. The highest BCUT2D eigenvalue weighted by molar-refractivity contribution is 6.30. The molecule has 168 valence electrons. The average Bonchev–Trinajstić information content (AvgIpc) is 2.81. The van der Waals surface area contributed by atoms with E-state index in [0.29, 0.717) is 11.6 Å². The summed E-state index contributed by atoms with van der Waals surface area (Å²) in [6, 6.07) is 27.2. The molecule has 1 saturated heterocycles. The molecule has 1 aliphatic heterocycles. The number of β-amino-alcohol motifs (C(OH)–C–C–N with tert-alkyl or cyclic N) is 1. The third kappa shape index (κ3) is 5.90. The molecule has 0 aliphatic carbocycles. The molecule has 0 saturated carbocycles. The topological polar surface area (TPSA) is 35.9 Å². The number of ether oxygens (including phenoxy) is 1. The third-order valence-electron chi connectivity index (χ3n) is 6.04. The van der Waals surface area contributed by atoms with Crippen molar-refractivity contribution in [2.75, 3.05) is 39.3 Å². The Hall–Kier alpha value is -2.37. The molecule has 5 heteroatoms. The highest BCUT2D eigenvalue weighted by Crippen LogP contribution is 2.29. The van der Waals surface area contributed by atoms with E-state index >= 15 is 0 Å². The third-order valence-corrected chi connectivity index (χ3v) is 6.27. The Kier molecular flexibility index (Phi) is 7.82. The molecule has 3 aromatic carbocycles. The predicted molar refractivity (Wildman–Crippen MR) is 130 cm³/mol. The average molecular weight is 451 g/mol. The summed E-state index contributed by atoms with van der Waals surface area (Å²) >= 11 is 6.01. The van der Waals surface area contributed by atoms with Gasteiger partial charge in [-0.15, -0.1) is 0 Å². The summed E-state index contributed by atoms with van der Waals surface area (Å²) in [5.41, 5.74) is 3.61. The maximum Gasteiger partial charge on any atom is 0.122 e. The summed E-state index contributed by atoms with van der Waals surface area (Å²) in [5.74, 6) is 0.770. The quantitative estimate of drug-likeness (QED) is 0.535. The Labute approximate surface area is 196 Å². The van der Waals surface area contributed by atoms with Gasteiger partial charge in [-0.1, -0.05) is 72.3 Å². The van der Waals surface area contributed by atoms with Gasteiger partial charge in [-0.05, 0) is 41.8 Å². The van der Waals surface area contributed by atoms with Crippen molar-refractivity contribution >= 4 is 11.6 Å². The lowest BCUT2D eigenvalue weighted by atomic mass is 9.96. The molecule has 4 nitrogen and oxygen atoms in total. The Morgan fingerprint density at radius 1 is 0.875 bits per heavy atom. The van der Waals surface area contributed by atoms with Gasteiger partial charge in [0.05, 0.1) is 6.04 Å². The van der Waals surface area contributed by atoms with Crippen LogP contribution in [0.3, 0.4) is 0 Å². The number of halogens is 1. The molecule has 1 N–H and O–H groups in total. The number of piperazine rings is 1. The molecular weight excluding hydrogens is 420 g/mol. The number of hydrogen-bond acceptors (Lipinski definition) is 4. The van der Waals surface area contributed by atoms with E-state index in [0.717, 1.165) is 37.5 Å². The second kappa shape index (κ2) is 11.0. The van der Waals surface area contributed by atoms with E-state index in [4.69, 9.17) is 16.3 Å². The first-order valence-corrected chi connectivity index (χ1v) is 11.6. The van der Waals surface area contributed by atoms with Crippen molar-refractivity contribution in [1.82, 2.24) is 9.80 Å². The molecule has 1 aliphatic rings. The molecule has 0 amide bonds. The summed E-state index contributed by atoms with van der Waals surface area (Å²) in [6.07, 6.45) is -0.532. The van der Waals surface area contributed by atoms with Gasteiger partial charge in [-0.2, -0.15) is 0 Å². The van der Waals surface area contributed by atoms with Crippen LogP contribution in [0.25, 0.3) is 0 Å². The SMILES string of the molecule is Cc1cc(Cl)ccc1OCC(O)CN1CCN(C(c2ccccc2)c2ccccc2)CC1. The van der Waals surface area contributed by atoms with E-state index in [1.165, 1.54) is 11.1 Å². The predicted octanol–water partition coefficient (Wildman–Crippen LogP) is 4.80. The van der Waals surface area contributed by atoms with Crippen LogP contribution in [0.1, 0.15) is 22.7 Å². The maximum absolute atomic E-state index is 10.5. The van der Waals surface area contributed by atoms with Crippen LogP contribution >= 0.6 is 11.6 Å². The lowest BCUT2D eigenvalue weighted by molar-refractivity contribution is 0.0399. The van der Waals surface area contributed by atoms with Crippen molar-refractivity contribution in [2.24, 2.45) is 0 Å². The fraction of sp³-hybridized carbons (Fsp3) is 0.333. The first-order chi connectivity index (χ1) is 15.6. The smallest absolute Gasteiger partial charge is 0.122 e. The van der Waals surface area contributed by atoms with Crippen molar-refractivity contribution in [2.45, 2.75) is 19.1 Å². The summed E-state index contributed by atoms with van der Waals surface area (Å²) in [7, 11) is 0. The fourth-order valence-electron chi connectivity index (χ4n) is 4.40. The van der Waals surface area contributed by atoms with Crippen LogP contribution in [0.2, 0.25) is 5.02 Å². The number of aliphatic hydroxyl groups excluding tert-OH is 1. The number of aryl methyl sites for hydroxylation is 1. The van der Waals surface area contributed by atoms with Gasteiger partial charge in [-0.25, -0.2) is 0 Å². The number of nitrogens with zero attached hydrogens (tertiary/aromatic N) is 2. The Balaban J connectivity index is 1.32. The number of aliphatic hydroxyl groups is 1. The molecule has 1 unspecified atom stereocenters. The molecule has 4 rings (SSSR count). The van der Waals surface area contributed by atoms with Gasteiger partial charge < -0.3 is 9.84 Å². The van der Waals surface area contributed by atoms with Crippen LogP contribution in [0.4, 0.5) is 0 Å². The second-order valence-electron chi connectivity index (χ2n) is 8.44. The molecule has 0 aromatic heterocycles. The maximum atomic E-state index is 10.5. The van der Waals surface area contributed by atoms with E-state index in [1.807, 2.05) is 25.1 Å². The molecule has 1 atom stereocenters. The normalized spacial score (nSPS) is 16.2. The highest BCUT2D eigenvalue weighted by Gasteiger charge is 2.27. The summed E-state index contributed by atoms with van der Waals surface area (Å²) < 4.78 is 5.82. The van der Waals surface area contributed by atoms with Gasteiger partial charge in [0.15, 0.2) is 0 Å². The van der Waals surface area contributed by atoms with Crippen LogP contribution in [0, 0.1) is 6.92 Å². The van der Waals surface area contributed by atoms with Crippen LogP contribution in [-0.4, -0.2) is 60.3 Å². The molecule has 1 heterocycles. The standard InChI is InChI=1S/C27H31ClN2O2/c1-21-18-24(28)12-13-26(21)32-20-25(31)19-29-14-16-30(17-15-29)27(22-8-4-2-5-9-22)23-10-6-3-7-11-23/h2-13,18,25,27,31H,14-17,19-20H2,1H3. The minimum Gasteiger partial charge on any atom is -0.491 e. The van der Waals surface area contributed by atoms with Gasteiger partial charge in [0, 0.05) is 37.7 Å². The van der Waals surface area contributed by atoms with E-state index in [-0.39, 0.29) is 12.6 Å². The van der Waals surface area contributed by atoms with Gasteiger partial charge in [0.2, 0.25) is 0 Å². The monoisotopic (exact) mass is 450 g/mol. The van der Waals surface area contributed by atoms with E-state index in [9.17, 15) is 5.11 Å². The first kappa shape index (κ1) is 22.8. The lowest BCUT2D eigenvalue weighted by Gasteiger charge is -2.40. The largest absolute Gasteiger partial charge is 0.491 e. The van der Waals surface area contributed by atoms with Crippen LogP contribution in [-0.2, 0) is 0 Å². The number of benzene rings is 3. The zero-order valence-electron chi connectivity index (χ0n) is 18.5. The Bertz CT molecular complexity index is 936. The van der Waals surface area contributed by atoms with Crippen LogP contribution in [0.15, 0.2) is 78.9 Å². The Morgan fingerprint density at radius 3 is 2.03 bits per heavy atom. The molecule has 0 bridgehead atoms. The van der Waals surface area contributed by atoms with Gasteiger partial charge in [0.1, 0.15) is 18.5 Å². The second-order valence-corrected chi connectivity index (χ2v) is 8.87. The summed E-state index contributed by atoms with van der Waals surface area (Å²) in [4.78, 5) is 4.87. The van der Waals surface area contributed by atoms with E-state index < -0.39 is 6.10 Å². The summed E-state index contributed by atoms with van der Waals surface area (Å²) in [6.45, 7) is 6.61. The van der Waals surface area contributed by atoms with Gasteiger partial charge >= 0.3 is 0 Å². The summed E-state index contributed by atoms with van der Waals surface area (Å²) in [5, 5.41) is 11.2. The van der Waals surface area contributed by atoms with Crippen LogP contribution in [0.5, 0.6) is 5.75 Å². The molecule has 32 heavy (non-hydrogen) atoms. The van der Waals surface area contributed by atoms with Gasteiger partial charge in [-0.3, -0.25) is 9.80 Å². The molecule has 1 fully saturated rings. The van der Waals surface area contributed by atoms with Crippen molar-refractivity contribution in [1.29, 1.82) is 0 Å². The van der Waals surface area contributed by atoms with Crippen molar-refractivity contribution < 1.29 is 9.84 Å². The lowest BCUT2D eigenvalue weighted by Crippen LogP contribution is -2.50. The molecule has 0 spiro atoms. The van der Waals surface area contributed by atoms with E-state index in [1.54, 1.807) is 0 Å². The van der Waals surface area contributed by atoms with E-state index in [2.05, 4.69) is 70.5 Å². The molecule has 0 radical (unpaired) electrons. The van der Waals surface area contributed by atoms with Gasteiger partial charge in [0.25, 0.3) is 0 Å².